The summed E-state index contributed by atoms with van der Waals surface area (Å²) in [6.07, 6.45) is 1.33. The topological polar surface area (TPSA) is 137 Å². The largest absolute Gasteiger partial charge is 0.516 e. The summed E-state index contributed by atoms with van der Waals surface area (Å²) in [7, 11) is 3.51. The van der Waals surface area contributed by atoms with Crippen molar-refractivity contribution in [3.63, 3.8) is 0 Å². The Balaban J connectivity index is 1.36. The first kappa shape index (κ1) is 32.8. The van der Waals surface area contributed by atoms with Crippen molar-refractivity contribution < 1.29 is 37.8 Å². The Morgan fingerprint density at radius 1 is 1.21 bits per heavy atom. The number of ether oxygens (including phenoxy) is 2. The number of rotatable bonds is 6. The van der Waals surface area contributed by atoms with E-state index >= 15 is 4.39 Å². The van der Waals surface area contributed by atoms with Gasteiger partial charge in [0.1, 0.15) is 18.0 Å². The number of amides is 2. The average molecular weight is 650 g/mol. The molecule has 2 aliphatic heterocycles. The third kappa shape index (κ3) is 5.41. The molecule has 0 unspecified atom stereocenters. The number of carbonyl (C=O) groups excluding carboxylic acids is 3. The normalized spacial score (nSPS) is 19.9. The standard InChI is InChI=1S/C35H41FN4O7/c1-8-35(45)22-14-26-30-20(16-39(26)31(42)21(22)17-46-32(35)43)29-24(12-11-19-18(2)23(36)15-25(38-30)28(19)29)37-27(41)10-9-13-40(6,7)33(44)47-34(3,4)5/h14-15,24,45H,8-13,16-17H2,1-7H3/p+1/t24-,35-/m0/s1. The molecule has 4 heterocycles. The fourth-order valence-corrected chi connectivity index (χ4v) is 7.08. The fourth-order valence-electron chi connectivity index (χ4n) is 7.08. The zero-order chi connectivity index (χ0) is 34.2. The molecule has 3 aliphatic rings. The maximum Gasteiger partial charge on any atom is 0.516 e. The number of fused-ring (bicyclic) bond motifs is 5. The molecule has 12 heteroatoms. The van der Waals surface area contributed by atoms with E-state index in [0.717, 1.165) is 22.1 Å². The quantitative estimate of drug-likeness (QED) is 0.232. The summed E-state index contributed by atoms with van der Waals surface area (Å²) in [6, 6.07) is 2.59. The SMILES string of the molecule is CC[C@@]1(O)C(=O)OCc2c1cc1n(c2=O)Cc2c-1nc1cc(F)c(C)c3c1c2[C@@H](NC(=O)CCC[N+](C)(C)C(=O)OC(C)(C)C)CC3. The van der Waals surface area contributed by atoms with Crippen molar-refractivity contribution in [2.45, 2.75) is 97.1 Å². The van der Waals surface area contributed by atoms with Crippen molar-refractivity contribution in [1.29, 1.82) is 0 Å². The number of aryl methyl sites for hydroxylation is 1. The maximum atomic E-state index is 15.2. The van der Waals surface area contributed by atoms with Gasteiger partial charge in [-0.1, -0.05) is 6.92 Å². The molecule has 6 rings (SSSR count). The molecule has 0 saturated heterocycles. The molecule has 2 amide bonds. The Bertz CT molecular complexity index is 1930. The smallest absolute Gasteiger partial charge is 0.458 e. The van der Waals surface area contributed by atoms with Crippen LogP contribution in [0.4, 0.5) is 9.18 Å². The van der Waals surface area contributed by atoms with Gasteiger partial charge >= 0.3 is 12.1 Å². The van der Waals surface area contributed by atoms with Crippen molar-refractivity contribution in [3.05, 3.63) is 61.7 Å². The van der Waals surface area contributed by atoms with Crippen LogP contribution in [-0.2, 0) is 44.2 Å². The second-order valence-corrected chi connectivity index (χ2v) is 14.5. The second-order valence-electron chi connectivity index (χ2n) is 14.5. The lowest BCUT2D eigenvalue weighted by atomic mass is 9.81. The minimum Gasteiger partial charge on any atom is -0.458 e. The summed E-state index contributed by atoms with van der Waals surface area (Å²) >= 11 is 0. The molecule has 0 saturated carbocycles. The number of pyridine rings is 2. The Labute approximate surface area is 272 Å². The molecule has 0 fully saturated rings. The summed E-state index contributed by atoms with van der Waals surface area (Å²) in [4.78, 5) is 57.4. The lowest BCUT2D eigenvalue weighted by molar-refractivity contribution is -0.818. The highest BCUT2D eigenvalue weighted by Crippen LogP contribution is 2.46. The fraction of sp³-hybridized carbons (Fsp3) is 0.514. The van der Waals surface area contributed by atoms with E-state index in [0.29, 0.717) is 48.3 Å². The highest BCUT2D eigenvalue weighted by atomic mass is 19.1. The zero-order valence-electron chi connectivity index (χ0n) is 28.0. The molecule has 2 aromatic heterocycles. The van der Waals surface area contributed by atoms with Gasteiger partial charge in [-0.2, -0.15) is 4.79 Å². The number of quaternary nitrogens is 1. The molecule has 47 heavy (non-hydrogen) atoms. The van der Waals surface area contributed by atoms with E-state index in [1.54, 1.807) is 38.6 Å². The van der Waals surface area contributed by atoms with E-state index in [-0.39, 0.29) is 59.4 Å². The average Bonchev–Trinajstić information content (AvgIpc) is 3.36. The molecule has 3 aromatic rings. The highest BCUT2D eigenvalue weighted by molar-refractivity contribution is 5.94. The van der Waals surface area contributed by atoms with Gasteiger partial charge in [0.2, 0.25) is 5.91 Å². The predicted molar refractivity (Wildman–Crippen MR) is 171 cm³/mol. The van der Waals surface area contributed by atoms with Crippen LogP contribution in [0.2, 0.25) is 0 Å². The van der Waals surface area contributed by atoms with Crippen LogP contribution in [0.1, 0.15) is 92.8 Å². The van der Waals surface area contributed by atoms with Gasteiger partial charge in [0.05, 0.1) is 55.7 Å². The monoisotopic (exact) mass is 649 g/mol. The summed E-state index contributed by atoms with van der Waals surface area (Å²) in [5.74, 6) is -1.38. The Morgan fingerprint density at radius 2 is 1.94 bits per heavy atom. The summed E-state index contributed by atoms with van der Waals surface area (Å²) in [5, 5.41) is 15.2. The summed E-state index contributed by atoms with van der Waals surface area (Å²) in [6.45, 7) is 9.14. The van der Waals surface area contributed by atoms with Crippen LogP contribution in [0.3, 0.4) is 0 Å². The van der Waals surface area contributed by atoms with E-state index in [1.165, 1.54) is 6.07 Å². The molecular formula is C35H42FN4O7+. The number of hydrogen-bond acceptors (Lipinski definition) is 8. The second kappa shape index (κ2) is 11.2. The first-order valence-corrected chi connectivity index (χ1v) is 16.1. The molecule has 0 bridgehead atoms. The predicted octanol–water partition coefficient (Wildman–Crippen LogP) is 4.42. The van der Waals surface area contributed by atoms with E-state index < -0.39 is 28.8 Å². The molecular weight excluding hydrogens is 607 g/mol. The number of nitrogens with one attached hydrogen (secondary N) is 1. The number of cyclic esters (lactones) is 1. The molecule has 250 valence electrons. The third-order valence-corrected chi connectivity index (χ3v) is 9.72. The molecule has 2 atom stereocenters. The number of carbonyl (C=O) groups is 3. The van der Waals surface area contributed by atoms with E-state index in [4.69, 9.17) is 14.5 Å². The van der Waals surface area contributed by atoms with Gasteiger partial charge in [0.15, 0.2) is 5.60 Å². The molecule has 1 aliphatic carbocycles. The lowest BCUT2D eigenvalue weighted by Gasteiger charge is -2.31. The summed E-state index contributed by atoms with van der Waals surface area (Å²) < 4.78 is 27.5. The van der Waals surface area contributed by atoms with Crippen molar-refractivity contribution in [2.75, 3.05) is 20.6 Å². The number of aromatic nitrogens is 2. The first-order valence-electron chi connectivity index (χ1n) is 16.1. The number of aliphatic hydroxyl groups is 1. The van der Waals surface area contributed by atoms with Gasteiger partial charge in [-0.05, 0) is 69.7 Å². The Kier molecular flexibility index (Phi) is 7.83. The number of benzene rings is 1. The lowest BCUT2D eigenvalue weighted by Crippen LogP contribution is -2.49. The molecule has 0 spiro atoms. The van der Waals surface area contributed by atoms with Gasteiger partial charge in [0, 0.05) is 35.4 Å². The van der Waals surface area contributed by atoms with Crippen LogP contribution >= 0.6 is 0 Å². The molecule has 11 nitrogen and oxygen atoms in total. The number of esters is 1. The van der Waals surface area contributed by atoms with Crippen LogP contribution in [0.5, 0.6) is 0 Å². The van der Waals surface area contributed by atoms with Crippen molar-refractivity contribution in [3.8, 4) is 11.4 Å². The van der Waals surface area contributed by atoms with Crippen LogP contribution in [0.25, 0.3) is 22.3 Å². The van der Waals surface area contributed by atoms with Gasteiger partial charge in [-0.25, -0.2) is 18.7 Å². The summed E-state index contributed by atoms with van der Waals surface area (Å²) in [5.41, 5.74) is 1.61. The molecule has 0 radical (unpaired) electrons. The third-order valence-electron chi connectivity index (χ3n) is 9.72. The Hall–Kier alpha value is -4.16. The zero-order valence-corrected chi connectivity index (χ0v) is 28.0. The van der Waals surface area contributed by atoms with Crippen molar-refractivity contribution in [2.24, 2.45) is 0 Å². The van der Waals surface area contributed by atoms with Crippen LogP contribution in [-0.4, -0.2) is 63.4 Å². The van der Waals surface area contributed by atoms with Crippen molar-refractivity contribution >= 4 is 28.9 Å². The van der Waals surface area contributed by atoms with Crippen LogP contribution < -0.4 is 10.9 Å². The van der Waals surface area contributed by atoms with Crippen molar-refractivity contribution in [1.82, 2.24) is 14.9 Å². The highest BCUT2D eigenvalue weighted by Gasteiger charge is 2.46. The molecule has 1 aromatic carbocycles. The van der Waals surface area contributed by atoms with Gasteiger partial charge in [-0.3, -0.25) is 9.59 Å². The van der Waals surface area contributed by atoms with Gasteiger partial charge in [0.25, 0.3) is 5.56 Å². The van der Waals surface area contributed by atoms with Gasteiger partial charge < -0.3 is 24.5 Å². The Morgan fingerprint density at radius 3 is 2.62 bits per heavy atom. The minimum absolute atomic E-state index is 0.0147. The van der Waals surface area contributed by atoms with E-state index in [1.807, 2.05) is 20.8 Å². The molecule has 2 N–H and O–H groups in total. The number of hydrogen-bond donors (Lipinski definition) is 2. The minimum atomic E-state index is -1.97. The van der Waals surface area contributed by atoms with Crippen LogP contribution in [0.15, 0.2) is 16.9 Å². The number of nitrogens with zero attached hydrogens (tertiary/aromatic N) is 3. The number of halogens is 1. The van der Waals surface area contributed by atoms with Crippen LogP contribution in [0, 0.1) is 12.7 Å². The van der Waals surface area contributed by atoms with E-state index in [2.05, 4.69) is 5.32 Å². The van der Waals surface area contributed by atoms with Gasteiger partial charge in [-0.15, -0.1) is 0 Å². The van der Waals surface area contributed by atoms with E-state index in [9.17, 15) is 24.3 Å². The first-order chi connectivity index (χ1) is 22.0. The maximum absolute atomic E-state index is 15.2.